The van der Waals surface area contributed by atoms with Crippen LogP contribution in [-0.4, -0.2) is 50.6 Å². The molecule has 0 spiro atoms. The molecule has 0 unspecified atom stereocenters. The molecule has 0 N–H and O–H groups in total. The molecule has 0 aromatic heterocycles. The molecule has 21 heavy (non-hydrogen) atoms. The summed E-state index contributed by atoms with van der Waals surface area (Å²) in [4.78, 5) is 13.0. The number of carbonyl (C=O) groups is 1. The van der Waals surface area contributed by atoms with Gasteiger partial charge in [-0.2, -0.15) is 0 Å². The SMILES string of the molecule is C[C@H]1CCCN(CCOCCOc2ccc(C=O)cc2)C1. The molecule has 1 aliphatic rings. The molecule has 2 rings (SSSR count). The van der Waals surface area contributed by atoms with E-state index in [0.29, 0.717) is 18.8 Å². The molecule has 4 heteroatoms. The van der Waals surface area contributed by atoms with Crippen molar-refractivity contribution in [1.82, 2.24) is 4.90 Å². The lowest BCUT2D eigenvalue weighted by atomic mass is 10.0. The third kappa shape index (κ3) is 5.86. The Morgan fingerprint density at radius 3 is 2.76 bits per heavy atom. The molecule has 1 saturated heterocycles. The zero-order valence-corrected chi connectivity index (χ0v) is 12.8. The van der Waals surface area contributed by atoms with E-state index in [0.717, 1.165) is 31.1 Å². The molecule has 1 fully saturated rings. The molecule has 1 aliphatic heterocycles. The topological polar surface area (TPSA) is 38.8 Å². The lowest BCUT2D eigenvalue weighted by molar-refractivity contribution is 0.0688. The molecule has 0 bridgehead atoms. The highest BCUT2D eigenvalue weighted by Gasteiger charge is 2.15. The smallest absolute Gasteiger partial charge is 0.150 e. The molecule has 1 atom stereocenters. The van der Waals surface area contributed by atoms with Crippen LogP contribution in [-0.2, 0) is 4.74 Å². The Labute approximate surface area is 127 Å². The van der Waals surface area contributed by atoms with Gasteiger partial charge in [0.05, 0.1) is 13.2 Å². The fourth-order valence-corrected chi connectivity index (χ4v) is 2.65. The minimum atomic E-state index is 0.539. The van der Waals surface area contributed by atoms with Crippen LogP contribution in [0.25, 0.3) is 0 Å². The average molecular weight is 291 g/mol. The van der Waals surface area contributed by atoms with Crippen LogP contribution in [0.2, 0.25) is 0 Å². The van der Waals surface area contributed by atoms with Crippen molar-refractivity contribution in [2.75, 3.05) is 39.5 Å². The Bertz CT molecular complexity index is 419. The van der Waals surface area contributed by atoms with Gasteiger partial charge in [0.25, 0.3) is 0 Å². The van der Waals surface area contributed by atoms with E-state index in [2.05, 4.69) is 11.8 Å². The van der Waals surface area contributed by atoms with Gasteiger partial charge in [-0.05, 0) is 49.6 Å². The number of piperidine rings is 1. The van der Waals surface area contributed by atoms with Gasteiger partial charge in [-0.3, -0.25) is 4.79 Å². The van der Waals surface area contributed by atoms with E-state index >= 15 is 0 Å². The van der Waals surface area contributed by atoms with Crippen LogP contribution in [0, 0.1) is 5.92 Å². The summed E-state index contributed by atoms with van der Waals surface area (Å²) < 4.78 is 11.2. The Kier molecular flexibility index (Phi) is 6.70. The van der Waals surface area contributed by atoms with Gasteiger partial charge in [-0.15, -0.1) is 0 Å². The summed E-state index contributed by atoms with van der Waals surface area (Å²) in [7, 11) is 0. The molecule has 1 aromatic carbocycles. The normalized spacial score (nSPS) is 19.4. The highest BCUT2D eigenvalue weighted by Crippen LogP contribution is 2.14. The Morgan fingerprint density at radius 2 is 2.05 bits per heavy atom. The summed E-state index contributed by atoms with van der Waals surface area (Å²) >= 11 is 0. The van der Waals surface area contributed by atoms with E-state index in [9.17, 15) is 4.79 Å². The number of rotatable bonds is 8. The summed E-state index contributed by atoms with van der Waals surface area (Å²) in [5.41, 5.74) is 0.661. The molecule has 0 radical (unpaired) electrons. The van der Waals surface area contributed by atoms with Crippen molar-refractivity contribution < 1.29 is 14.3 Å². The van der Waals surface area contributed by atoms with Crippen molar-refractivity contribution in [3.8, 4) is 5.75 Å². The summed E-state index contributed by atoms with van der Waals surface area (Å²) in [5.74, 6) is 1.59. The highest BCUT2D eigenvalue weighted by molar-refractivity contribution is 5.74. The summed E-state index contributed by atoms with van der Waals surface area (Å²) in [6.45, 7) is 7.63. The van der Waals surface area contributed by atoms with Gasteiger partial charge in [0.1, 0.15) is 18.6 Å². The summed E-state index contributed by atoms with van der Waals surface area (Å²) in [6, 6.07) is 7.11. The fourth-order valence-electron chi connectivity index (χ4n) is 2.65. The molecule has 1 heterocycles. The van der Waals surface area contributed by atoms with Gasteiger partial charge in [0, 0.05) is 18.7 Å². The van der Waals surface area contributed by atoms with Crippen LogP contribution in [0.15, 0.2) is 24.3 Å². The molecule has 116 valence electrons. The van der Waals surface area contributed by atoms with Crippen molar-refractivity contribution >= 4 is 6.29 Å². The molecule has 0 amide bonds. The first-order valence-electron chi connectivity index (χ1n) is 7.76. The average Bonchev–Trinajstić information content (AvgIpc) is 2.51. The zero-order valence-electron chi connectivity index (χ0n) is 12.8. The van der Waals surface area contributed by atoms with Crippen molar-refractivity contribution in [3.05, 3.63) is 29.8 Å². The van der Waals surface area contributed by atoms with Crippen LogP contribution in [0.4, 0.5) is 0 Å². The summed E-state index contributed by atoms with van der Waals surface area (Å²) in [5, 5.41) is 0. The third-order valence-electron chi connectivity index (χ3n) is 3.81. The van der Waals surface area contributed by atoms with Gasteiger partial charge in [-0.25, -0.2) is 0 Å². The Hall–Kier alpha value is -1.39. The number of ether oxygens (including phenoxy) is 2. The number of benzene rings is 1. The van der Waals surface area contributed by atoms with Crippen LogP contribution < -0.4 is 4.74 Å². The third-order valence-corrected chi connectivity index (χ3v) is 3.81. The minimum Gasteiger partial charge on any atom is -0.491 e. The van der Waals surface area contributed by atoms with Gasteiger partial charge in [-0.1, -0.05) is 6.92 Å². The second kappa shape index (κ2) is 8.80. The van der Waals surface area contributed by atoms with Crippen LogP contribution in [0.1, 0.15) is 30.1 Å². The van der Waals surface area contributed by atoms with Gasteiger partial charge < -0.3 is 14.4 Å². The quantitative estimate of drug-likeness (QED) is 0.545. The number of hydrogen-bond donors (Lipinski definition) is 0. The van der Waals surface area contributed by atoms with Gasteiger partial charge in [0.15, 0.2) is 0 Å². The Morgan fingerprint density at radius 1 is 1.24 bits per heavy atom. The lowest BCUT2D eigenvalue weighted by Crippen LogP contribution is -2.36. The van der Waals surface area contributed by atoms with Crippen LogP contribution >= 0.6 is 0 Å². The molecule has 1 aromatic rings. The number of hydrogen-bond acceptors (Lipinski definition) is 4. The molecular formula is C17H25NO3. The van der Waals surface area contributed by atoms with Crippen molar-refractivity contribution in [3.63, 3.8) is 0 Å². The molecule has 0 saturated carbocycles. The first-order chi connectivity index (χ1) is 10.3. The van der Waals surface area contributed by atoms with Crippen LogP contribution in [0.5, 0.6) is 5.75 Å². The zero-order chi connectivity index (χ0) is 14.9. The number of likely N-dealkylation sites (tertiary alicyclic amines) is 1. The largest absolute Gasteiger partial charge is 0.491 e. The fraction of sp³-hybridized carbons (Fsp3) is 0.588. The molecule has 0 aliphatic carbocycles. The monoisotopic (exact) mass is 291 g/mol. The minimum absolute atomic E-state index is 0.539. The van der Waals surface area contributed by atoms with E-state index < -0.39 is 0 Å². The van der Waals surface area contributed by atoms with Crippen LogP contribution in [0.3, 0.4) is 0 Å². The van der Waals surface area contributed by atoms with Crippen molar-refractivity contribution in [2.24, 2.45) is 5.92 Å². The maximum absolute atomic E-state index is 10.5. The first kappa shape index (κ1) is 16.0. The van der Waals surface area contributed by atoms with E-state index in [1.165, 1.54) is 25.9 Å². The summed E-state index contributed by atoms with van der Waals surface area (Å²) in [6.07, 6.45) is 3.49. The first-order valence-corrected chi connectivity index (χ1v) is 7.76. The van der Waals surface area contributed by atoms with Crippen molar-refractivity contribution in [2.45, 2.75) is 19.8 Å². The molecule has 4 nitrogen and oxygen atoms in total. The number of carbonyl (C=O) groups excluding carboxylic acids is 1. The van der Waals surface area contributed by atoms with E-state index in [-0.39, 0.29) is 0 Å². The Balaban J connectivity index is 1.52. The molecular weight excluding hydrogens is 266 g/mol. The van der Waals surface area contributed by atoms with Gasteiger partial charge >= 0.3 is 0 Å². The highest BCUT2D eigenvalue weighted by atomic mass is 16.5. The predicted molar refractivity (Wildman–Crippen MR) is 83.0 cm³/mol. The second-order valence-corrected chi connectivity index (χ2v) is 5.70. The standard InChI is InChI=1S/C17H25NO3/c1-15-3-2-8-18(13-15)9-10-20-11-12-21-17-6-4-16(14-19)5-7-17/h4-7,14-15H,2-3,8-13H2,1H3/t15-/m0/s1. The maximum Gasteiger partial charge on any atom is 0.150 e. The van der Waals surface area contributed by atoms with E-state index in [4.69, 9.17) is 9.47 Å². The number of nitrogens with zero attached hydrogens (tertiary/aromatic N) is 1. The second-order valence-electron chi connectivity index (χ2n) is 5.70. The van der Waals surface area contributed by atoms with Gasteiger partial charge in [0.2, 0.25) is 0 Å². The number of aldehydes is 1. The maximum atomic E-state index is 10.5. The van der Waals surface area contributed by atoms with E-state index in [1.54, 1.807) is 24.3 Å². The lowest BCUT2D eigenvalue weighted by Gasteiger charge is -2.30. The van der Waals surface area contributed by atoms with Crippen molar-refractivity contribution in [1.29, 1.82) is 0 Å². The van der Waals surface area contributed by atoms with E-state index in [1.807, 2.05) is 0 Å². The predicted octanol–water partition coefficient (Wildman–Crippen LogP) is 2.63.